The fraction of sp³-hybridized carbons (Fsp3) is 0.182. The Kier molecular flexibility index (Phi) is 4.29. The minimum atomic E-state index is 0.537. The molecule has 1 aliphatic carbocycles. The second-order valence-electron chi connectivity index (χ2n) is 6.95. The zero-order chi connectivity index (χ0) is 18.8. The molecule has 0 amide bonds. The smallest absolute Gasteiger partial charge is 0.133 e. The summed E-state index contributed by atoms with van der Waals surface area (Å²) in [5, 5.41) is 8.27. The van der Waals surface area contributed by atoms with E-state index in [9.17, 15) is 0 Å². The summed E-state index contributed by atoms with van der Waals surface area (Å²) in [6.45, 7) is 0.631. The van der Waals surface area contributed by atoms with Gasteiger partial charge in [-0.1, -0.05) is 18.2 Å². The van der Waals surface area contributed by atoms with E-state index < -0.39 is 0 Å². The Balaban J connectivity index is 1.45. The Morgan fingerprint density at radius 3 is 2.57 bits per heavy atom. The quantitative estimate of drug-likeness (QED) is 0.552. The molecular formula is C22H20N6. The maximum absolute atomic E-state index is 4.83. The summed E-state index contributed by atoms with van der Waals surface area (Å²) in [7, 11) is 0. The van der Waals surface area contributed by atoms with E-state index in [-0.39, 0.29) is 0 Å². The van der Waals surface area contributed by atoms with Crippen LogP contribution >= 0.6 is 0 Å². The van der Waals surface area contributed by atoms with Gasteiger partial charge >= 0.3 is 0 Å². The van der Waals surface area contributed by atoms with Crippen LogP contribution in [0.3, 0.4) is 0 Å². The molecule has 0 spiro atoms. The van der Waals surface area contributed by atoms with E-state index in [4.69, 9.17) is 5.10 Å². The van der Waals surface area contributed by atoms with Crippen molar-refractivity contribution in [1.82, 2.24) is 24.7 Å². The number of benzene rings is 1. The van der Waals surface area contributed by atoms with Gasteiger partial charge in [-0.15, -0.1) is 0 Å². The Hall–Kier alpha value is -3.54. The highest BCUT2D eigenvalue weighted by Crippen LogP contribution is 2.38. The molecule has 28 heavy (non-hydrogen) atoms. The maximum atomic E-state index is 4.83. The Morgan fingerprint density at radius 1 is 0.964 bits per heavy atom. The van der Waals surface area contributed by atoms with E-state index in [1.54, 1.807) is 12.4 Å². The van der Waals surface area contributed by atoms with Crippen LogP contribution in [0.4, 0.5) is 5.82 Å². The molecule has 0 unspecified atom stereocenters. The van der Waals surface area contributed by atoms with Gasteiger partial charge in [0.25, 0.3) is 0 Å². The lowest BCUT2D eigenvalue weighted by Gasteiger charge is -2.07. The second kappa shape index (κ2) is 7.23. The molecular weight excluding hydrogens is 348 g/mol. The molecule has 138 valence electrons. The number of hydrogen-bond donors (Lipinski definition) is 1. The Labute approximate surface area is 163 Å². The molecule has 0 aliphatic heterocycles. The lowest BCUT2D eigenvalue weighted by atomic mass is 10.1. The summed E-state index contributed by atoms with van der Waals surface area (Å²) in [4.78, 5) is 13.2. The number of nitrogens with zero attached hydrogens (tertiary/aromatic N) is 5. The van der Waals surface area contributed by atoms with Crippen molar-refractivity contribution >= 4 is 5.82 Å². The lowest BCUT2D eigenvalue weighted by molar-refractivity contribution is 0.883. The predicted molar refractivity (Wildman–Crippen MR) is 108 cm³/mol. The number of pyridine rings is 1. The average molecular weight is 368 g/mol. The van der Waals surface area contributed by atoms with Gasteiger partial charge in [0.05, 0.1) is 11.4 Å². The first kappa shape index (κ1) is 16.6. The van der Waals surface area contributed by atoms with Gasteiger partial charge in [-0.05, 0) is 43.2 Å². The molecule has 5 rings (SSSR count). The number of nitrogens with one attached hydrogen (secondary N) is 1. The predicted octanol–water partition coefficient (Wildman–Crippen LogP) is 4.21. The van der Waals surface area contributed by atoms with E-state index in [1.165, 1.54) is 12.8 Å². The first-order chi connectivity index (χ1) is 13.9. The average Bonchev–Trinajstić information content (AvgIpc) is 3.53. The highest BCUT2D eigenvalue weighted by atomic mass is 15.3. The molecule has 1 aliphatic rings. The molecule has 1 saturated carbocycles. The van der Waals surface area contributed by atoms with Crippen LogP contribution in [-0.2, 0) is 6.54 Å². The van der Waals surface area contributed by atoms with Gasteiger partial charge in [0.2, 0.25) is 0 Å². The molecule has 6 heteroatoms. The standard InChI is InChI=1S/C22H20N6/c1-2-4-19(5-3-1)28-15-18(21(27-28)16-8-11-23-12-9-16)14-25-20-10-13-24-22(26-20)17-6-7-17/h1-5,8-13,15,17H,6-7,14H2,(H,24,25,26). The van der Waals surface area contributed by atoms with Crippen molar-refractivity contribution < 1.29 is 0 Å². The van der Waals surface area contributed by atoms with Crippen molar-refractivity contribution in [2.24, 2.45) is 0 Å². The zero-order valence-corrected chi connectivity index (χ0v) is 15.4. The van der Waals surface area contributed by atoms with Gasteiger partial charge in [0.1, 0.15) is 11.6 Å². The van der Waals surface area contributed by atoms with E-state index in [0.29, 0.717) is 12.5 Å². The van der Waals surface area contributed by atoms with Crippen LogP contribution in [0, 0.1) is 0 Å². The Morgan fingerprint density at radius 2 is 1.79 bits per heavy atom. The van der Waals surface area contributed by atoms with E-state index in [0.717, 1.165) is 34.2 Å². The number of rotatable bonds is 6. The summed E-state index contributed by atoms with van der Waals surface area (Å²) in [5.74, 6) is 2.33. The minimum Gasteiger partial charge on any atom is -0.366 e. The first-order valence-electron chi connectivity index (χ1n) is 9.48. The summed E-state index contributed by atoms with van der Waals surface area (Å²) in [6, 6.07) is 16.0. The van der Waals surface area contributed by atoms with Crippen molar-refractivity contribution in [2.75, 3.05) is 5.32 Å². The van der Waals surface area contributed by atoms with Crippen molar-refractivity contribution in [1.29, 1.82) is 0 Å². The van der Waals surface area contributed by atoms with Crippen LogP contribution in [0.5, 0.6) is 0 Å². The molecule has 1 fully saturated rings. The summed E-state index contributed by atoms with van der Waals surface area (Å²) in [5.41, 5.74) is 4.11. The Bertz CT molecular complexity index is 1070. The molecule has 1 N–H and O–H groups in total. The maximum Gasteiger partial charge on any atom is 0.133 e. The van der Waals surface area contributed by atoms with Gasteiger partial charge in [-0.2, -0.15) is 5.10 Å². The number of anilines is 1. The van der Waals surface area contributed by atoms with Crippen molar-refractivity contribution in [3.63, 3.8) is 0 Å². The summed E-state index contributed by atoms with van der Waals surface area (Å²) < 4.78 is 1.92. The molecule has 1 aromatic carbocycles. The third-order valence-electron chi connectivity index (χ3n) is 4.84. The van der Waals surface area contributed by atoms with Crippen LogP contribution in [0.2, 0.25) is 0 Å². The lowest BCUT2D eigenvalue weighted by Crippen LogP contribution is -2.04. The molecule has 6 nitrogen and oxygen atoms in total. The second-order valence-corrected chi connectivity index (χ2v) is 6.95. The highest BCUT2D eigenvalue weighted by Gasteiger charge is 2.26. The molecule has 0 atom stereocenters. The first-order valence-corrected chi connectivity index (χ1v) is 9.48. The van der Waals surface area contributed by atoms with Crippen molar-refractivity contribution in [3.8, 4) is 16.9 Å². The fourth-order valence-electron chi connectivity index (χ4n) is 3.20. The third-order valence-corrected chi connectivity index (χ3v) is 4.84. The van der Waals surface area contributed by atoms with E-state index >= 15 is 0 Å². The van der Waals surface area contributed by atoms with Crippen LogP contribution in [0.25, 0.3) is 16.9 Å². The van der Waals surface area contributed by atoms with Crippen LogP contribution < -0.4 is 5.32 Å². The minimum absolute atomic E-state index is 0.537. The topological polar surface area (TPSA) is 68.5 Å². The van der Waals surface area contributed by atoms with Gasteiger partial charge in [0, 0.05) is 48.4 Å². The van der Waals surface area contributed by atoms with Gasteiger partial charge in [0.15, 0.2) is 0 Å². The van der Waals surface area contributed by atoms with Crippen LogP contribution in [0.1, 0.15) is 30.1 Å². The molecule has 0 radical (unpaired) electrons. The van der Waals surface area contributed by atoms with Crippen molar-refractivity contribution in [3.05, 3.63) is 84.7 Å². The van der Waals surface area contributed by atoms with Gasteiger partial charge < -0.3 is 5.32 Å². The summed E-state index contributed by atoms with van der Waals surface area (Å²) >= 11 is 0. The number of hydrogen-bond acceptors (Lipinski definition) is 5. The van der Waals surface area contributed by atoms with Gasteiger partial charge in [-0.3, -0.25) is 4.98 Å². The van der Waals surface area contributed by atoms with Gasteiger partial charge in [-0.25, -0.2) is 14.6 Å². The largest absolute Gasteiger partial charge is 0.366 e. The molecule has 4 aromatic rings. The SMILES string of the molecule is c1ccc(-n2cc(CNc3ccnc(C4CC4)n3)c(-c3ccncc3)n2)cc1. The van der Waals surface area contributed by atoms with Crippen LogP contribution in [0.15, 0.2) is 73.3 Å². The number of para-hydroxylation sites is 1. The van der Waals surface area contributed by atoms with E-state index in [2.05, 4.69) is 26.5 Å². The molecule has 0 saturated heterocycles. The highest BCUT2D eigenvalue weighted by molar-refractivity contribution is 5.63. The fourth-order valence-corrected chi connectivity index (χ4v) is 3.20. The molecule has 0 bridgehead atoms. The van der Waals surface area contributed by atoms with E-state index in [1.807, 2.05) is 59.4 Å². The monoisotopic (exact) mass is 368 g/mol. The van der Waals surface area contributed by atoms with Crippen LogP contribution in [-0.4, -0.2) is 24.7 Å². The zero-order valence-electron chi connectivity index (χ0n) is 15.4. The summed E-state index contributed by atoms with van der Waals surface area (Å²) in [6.07, 6.45) is 9.88. The molecule has 3 heterocycles. The normalized spacial score (nSPS) is 13.4. The van der Waals surface area contributed by atoms with Crippen molar-refractivity contribution in [2.45, 2.75) is 25.3 Å². The third kappa shape index (κ3) is 3.49. The number of aromatic nitrogens is 5. The molecule has 3 aromatic heterocycles.